The van der Waals surface area contributed by atoms with Gasteiger partial charge in [-0.05, 0) is 56.8 Å². The summed E-state index contributed by atoms with van der Waals surface area (Å²) in [4.78, 5) is 11.6. The van der Waals surface area contributed by atoms with Crippen LogP contribution in [0.25, 0.3) is 0 Å². The fraction of sp³-hybridized carbons (Fsp3) is 0.929. The molecule has 0 amide bonds. The van der Waals surface area contributed by atoms with Crippen LogP contribution in [0.5, 0.6) is 0 Å². The molecular weight excluding hydrogens is 214 g/mol. The highest BCUT2D eigenvalue weighted by Crippen LogP contribution is 2.51. The van der Waals surface area contributed by atoms with Crippen LogP contribution in [0.3, 0.4) is 0 Å². The van der Waals surface area contributed by atoms with Gasteiger partial charge in [-0.2, -0.15) is 0 Å². The fourth-order valence-corrected chi connectivity index (χ4v) is 3.87. The topological polar surface area (TPSA) is 49.3 Å². The van der Waals surface area contributed by atoms with E-state index in [-0.39, 0.29) is 0 Å². The molecule has 3 aliphatic carbocycles. The van der Waals surface area contributed by atoms with Gasteiger partial charge in [-0.3, -0.25) is 10.1 Å². The van der Waals surface area contributed by atoms with Crippen molar-refractivity contribution < 1.29 is 9.90 Å². The van der Waals surface area contributed by atoms with Crippen molar-refractivity contribution in [3.63, 3.8) is 0 Å². The molecule has 3 fully saturated rings. The molecular formula is C14H23NO2. The lowest BCUT2D eigenvalue weighted by atomic mass is 9.66. The highest BCUT2D eigenvalue weighted by Gasteiger charge is 2.49. The smallest absolute Gasteiger partial charge is 0.323 e. The third-order valence-electron chi connectivity index (χ3n) is 5.30. The van der Waals surface area contributed by atoms with E-state index in [4.69, 9.17) is 0 Å². The van der Waals surface area contributed by atoms with Crippen LogP contribution in [0, 0.1) is 5.41 Å². The Kier molecular flexibility index (Phi) is 2.69. The minimum Gasteiger partial charge on any atom is -0.480 e. The summed E-state index contributed by atoms with van der Waals surface area (Å²) in [5, 5.41) is 12.9. The summed E-state index contributed by atoms with van der Waals surface area (Å²) < 4.78 is 0. The van der Waals surface area contributed by atoms with E-state index in [0.29, 0.717) is 11.5 Å². The molecule has 3 rings (SSSR count). The second kappa shape index (κ2) is 3.98. The Morgan fingerprint density at radius 3 is 2.06 bits per heavy atom. The zero-order valence-electron chi connectivity index (χ0n) is 10.5. The SMILES string of the molecule is O=C(O)C1(NC2CC2)CCC2(CCCC2)CC1. The first-order valence-corrected chi connectivity index (χ1v) is 7.15. The van der Waals surface area contributed by atoms with Crippen molar-refractivity contribution in [2.75, 3.05) is 0 Å². The minimum absolute atomic E-state index is 0.490. The normalized spacial score (nSPS) is 30.6. The van der Waals surface area contributed by atoms with Gasteiger partial charge in [-0.1, -0.05) is 12.8 Å². The Bertz CT molecular complexity index is 306. The maximum atomic E-state index is 11.6. The van der Waals surface area contributed by atoms with Crippen molar-refractivity contribution >= 4 is 5.97 Å². The van der Waals surface area contributed by atoms with Crippen LogP contribution < -0.4 is 5.32 Å². The number of carboxylic acids is 1. The molecule has 3 heteroatoms. The second-order valence-corrected chi connectivity index (χ2v) is 6.51. The summed E-state index contributed by atoms with van der Waals surface area (Å²) in [5.41, 5.74) is -0.0703. The third kappa shape index (κ3) is 2.10. The van der Waals surface area contributed by atoms with Crippen LogP contribution in [-0.4, -0.2) is 22.7 Å². The first-order valence-electron chi connectivity index (χ1n) is 7.15. The Hall–Kier alpha value is -0.570. The molecule has 0 unspecified atom stereocenters. The number of hydrogen-bond acceptors (Lipinski definition) is 2. The minimum atomic E-state index is -0.614. The molecule has 2 N–H and O–H groups in total. The lowest BCUT2D eigenvalue weighted by Gasteiger charge is -2.43. The van der Waals surface area contributed by atoms with Crippen molar-refractivity contribution in [3.8, 4) is 0 Å². The molecule has 3 nitrogen and oxygen atoms in total. The van der Waals surface area contributed by atoms with E-state index in [1.54, 1.807) is 0 Å². The van der Waals surface area contributed by atoms with Crippen molar-refractivity contribution in [1.82, 2.24) is 5.32 Å². The highest BCUT2D eigenvalue weighted by molar-refractivity contribution is 5.79. The van der Waals surface area contributed by atoms with Crippen molar-refractivity contribution in [2.24, 2.45) is 5.41 Å². The molecule has 0 bridgehead atoms. The van der Waals surface area contributed by atoms with Gasteiger partial charge in [0.05, 0.1) is 0 Å². The third-order valence-corrected chi connectivity index (χ3v) is 5.30. The average Bonchev–Trinajstić information content (AvgIpc) is 3.01. The Balaban J connectivity index is 1.68. The van der Waals surface area contributed by atoms with Gasteiger partial charge < -0.3 is 5.11 Å². The number of carboxylic acid groups (broad SMARTS) is 1. The van der Waals surface area contributed by atoms with E-state index in [9.17, 15) is 9.90 Å². The maximum absolute atomic E-state index is 11.6. The maximum Gasteiger partial charge on any atom is 0.323 e. The van der Waals surface area contributed by atoms with E-state index in [1.165, 1.54) is 38.5 Å². The molecule has 0 aromatic rings. The predicted octanol–water partition coefficient (Wildman–Crippen LogP) is 2.70. The predicted molar refractivity (Wildman–Crippen MR) is 65.9 cm³/mol. The Morgan fingerprint density at radius 2 is 1.59 bits per heavy atom. The van der Waals surface area contributed by atoms with E-state index in [1.807, 2.05) is 0 Å². The highest BCUT2D eigenvalue weighted by atomic mass is 16.4. The molecule has 0 radical (unpaired) electrons. The number of hydrogen-bond donors (Lipinski definition) is 2. The van der Waals surface area contributed by atoms with Crippen LogP contribution in [0.15, 0.2) is 0 Å². The summed E-state index contributed by atoms with van der Waals surface area (Å²) in [6, 6.07) is 0.490. The molecule has 0 aromatic heterocycles. The quantitative estimate of drug-likeness (QED) is 0.793. The van der Waals surface area contributed by atoms with Gasteiger partial charge in [-0.15, -0.1) is 0 Å². The Labute approximate surface area is 103 Å². The molecule has 96 valence electrons. The zero-order valence-corrected chi connectivity index (χ0v) is 10.5. The van der Waals surface area contributed by atoms with E-state index >= 15 is 0 Å². The van der Waals surface area contributed by atoms with Gasteiger partial charge in [0.1, 0.15) is 5.54 Å². The molecule has 3 saturated carbocycles. The molecule has 0 aliphatic heterocycles. The number of rotatable bonds is 3. The Morgan fingerprint density at radius 1 is 1.00 bits per heavy atom. The molecule has 0 saturated heterocycles. The first kappa shape index (κ1) is 11.5. The largest absolute Gasteiger partial charge is 0.480 e. The molecule has 0 aromatic carbocycles. The van der Waals surface area contributed by atoms with Crippen LogP contribution in [0.4, 0.5) is 0 Å². The van der Waals surface area contributed by atoms with E-state index < -0.39 is 11.5 Å². The van der Waals surface area contributed by atoms with E-state index in [2.05, 4.69) is 5.32 Å². The second-order valence-electron chi connectivity index (χ2n) is 6.51. The van der Waals surface area contributed by atoms with Gasteiger partial charge in [0, 0.05) is 6.04 Å². The molecule has 1 spiro atoms. The average molecular weight is 237 g/mol. The van der Waals surface area contributed by atoms with Crippen LogP contribution in [0.2, 0.25) is 0 Å². The van der Waals surface area contributed by atoms with E-state index in [0.717, 1.165) is 25.7 Å². The number of carbonyl (C=O) groups is 1. The van der Waals surface area contributed by atoms with Crippen molar-refractivity contribution in [2.45, 2.75) is 75.8 Å². The van der Waals surface area contributed by atoms with Crippen LogP contribution >= 0.6 is 0 Å². The molecule has 17 heavy (non-hydrogen) atoms. The monoisotopic (exact) mass is 237 g/mol. The summed E-state index contributed by atoms with van der Waals surface area (Å²) in [6.45, 7) is 0. The molecule has 0 heterocycles. The fourth-order valence-electron chi connectivity index (χ4n) is 3.87. The summed E-state index contributed by atoms with van der Waals surface area (Å²) in [5.74, 6) is -0.614. The van der Waals surface area contributed by atoms with Gasteiger partial charge in [0.2, 0.25) is 0 Å². The number of nitrogens with one attached hydrogen (secondary N) is 1. The molecule has 3 aliphatic rings. The first-order chi connectivity index (χ1) is 8.14. The lowest BCUT2D eigenvalue weighted by Crippen LogP contribution is -2.56. The van der Waals surface area contributed by atoms with Gasteiger partial charge in [0.25, 0.3) is 0 Å². The standard InChI is InChI=1S/C14H23NO2/c16-12(17)14(15-11-3-4-11)9-7-13(8-10-14)5-1-2-6-13/h11,15H,1-10H2,(H,16,17). The zero-order chi connectivity index (χ0) is 11.9. The van der Waals surface area contributed by atoms with Crippen LogP contribution in [0.1, 0.15) is 64.2 Å². The summed E-state index contributed by atoms with van der Waals surface area (Å²) in [6.07, 6.45) is 11.7. The van der Waals surface area contributed by atoms with Gasteiger partial charge in [-0.25, -0.2) is 0 Å². The van der Waals surface area contributed by atoms with Crippen molar-refractivity contribution in [3.05, 3.63) is 0 Å². The molecule has 0 atom stereocenters. The van der Waals surface area contributed by atoms with Crippen LogP contribution in [-0.2, 0) is 4.79 Å². The summed E-state index contributed by atoms with van der Waals surface area (Å²) >= 11 is 0. The van der Waals surface area contributed by atoms with Gasteiger partial charge in [0.15, 0.2) is 0 Å². The van der Waals surface area contributed by atoms with Crippen molar-refractivity contribution in [1.29, 1.82) is 0 Å². The van der Waals surface area contributed by atoms with Gasteiger partial charge >= 0.3 is 5.97 Å². The summed E-state index contributed by atoms with van der Waals surface area (Å²) in [7, 11) is 0. The lowest BCUT2D eigenvalue weighted by molar-refractivity contribution is -0.147. The number of aliphatic carboxylic acids is 1.